The van der Waals surface area contributed by atoms with E-state index in [-0.39, 0.29) is 0 Å². The molecule has 1 aliphatic carbocycles. The highest BCUT2D eigenvalue weighted by molar-refractivity contribution is 5.73. The van der Waals surface area contributed by atoms with Crippen LogP contribution in [0.5, 0.6) is 11.5 Å². The zero-order valence-corrected chi connectivity index (χ0v) is 22.4. The third-order valence-electron chi connectivity index (χ3n) is 7.71. The lowest BCUT2D eigenvalue weighted by molar-refractivity contribution is 0.279. The third-order valence-corrected chi connectivity index (χ3v) is 7.71. The summed E-state index contributed by atoms with van der Waals surface area (Å²) in [4.78, 5) is 0. The molecule has 38 heavy (non-hydrogen) atoms. The van der Waals surface area contributed by atoms with E-state index in [1.54, 1.807) is 0 Å². The molecule has 0 aromatic heterocycles. The second-order valence-electron chi connectivity index (χ2n) is 10.6. The number of phenols is 2. The molecule has 1 saturated carbocycles. The van der Waals surface area contributed by atoms with Crippen LogP contribution < -0.4 is 10.6 Å². The number of benzene rings is 4. The first-order chi connectivity index (χ1) is 18.5. The number of rotatable bonds is 8. The topological polar surface area (TPSA) is 64.5 Å². The van der Waals surface area contributed by atoms with Crippen molar-refractivity contribution in [3.63, 3.8) is 0 Å². The van der Waals surface area contributed by atoms with E-state index in [4.69, 9.17) is 0 Å². The van der Waals surface area contributed by atoms with Crippen LogP contribution in [0.2, 0.25) is 0 Å². The molecule has 2 atom stereocenters. The van der Waals surface area contributed by atoms with Crippen LogP contribution in [-0.2, 0) is 13.1 Å². The van der Waals surface area contributed by atoms with Crippen LogP contribution in [0.25, 0.3) is 22.3 Å². The van der Waals surface area contributed by atoms with Crippen molar-refractivity contribution in [3.05, 3.63) is 107 Å². The molecule has 0 bridgehead atoms. The molecule has 0 amide bonds. The predicted molar refractivity (Wildman–Crippen MR) is 156 cm³/mol. The van der Waals surface area contributed by atoms with Gasteiger partial charge in [0.15, 0.2) is 0 Å². The van der Waals surface area contributed by atoms with Gasteiger partial charge < -0.3 is 20.8 Å². The monoisotopic (exact) mass is 506 g/mol. The number of aryl methyl sites for hydroxylation is 2. The van der Waals surface area contributed by atoms with Gasteiger partial charge in [0, 0.05) is 47.4 Å². The summed E-state index contributed by atoms with van der Waals surface area (Å²) in [6.45, 7) is 5.39. The molecule has 4 aromatic carbocycles. The standard InChI is InChI=1S/C34H38N2O2/c1-23-17-27(33(37)29(19-23)25-11-5-3-6-12-25)21-35-31-15-9-10-16-32(31)36-22-28-18-24(2)20-30(34(28)38)26-13-7-4-8-14-26/h3-8,11-14,17-20,31-32,35-38H,9-10,15-16,21-22H2,1-2H3/t31-,32-/m1/s1. The van der Waals surface area contributed by atoms with Crippen LogP contribution in [0.15, 0.2) is 84.9 Å². The van der Waals surface area contributed by atoms with Crippen molar-refractivity contribution in [2.24, 2.45) is 0 Å². The summed E-state index contributed by atoms with van der Waals surface area (Å²) in [5.41, 5.74) is 7.95. The lowest BCUT2D eigenvalue weighted by Gasteiger charge is -2.33. The summed E-state index contributed by atoms with van der Waals surface area (Å²) in [5.74, 6) is 0.709. The maximum atomic E-state index is 11.1. The lowest BCUT2D eigenvalue weighted by Crippen LogP contribution is -2.49. The smallest absolute Gasteiger partial charge is 0.127 e. The van der Waals surface area contributed by atoms with Crippen LogP contribution in [0.4, 0.5) is 0 Å². The second kappa shape index (κ2) is 11.8. The summed E-state index contributed by atoms with van der Waals surface area (Å²) < 4.78 is 0. The Labute approximate surface area is 226 Å². The van der Waals surface area contributed by atoms with Gasteiger partial charge in [-0.05, 0) is 61.1 Å². The van der Waals surface area contributed by atoms with Gasteiger partial charge in [0.1, 0.15) is 11.5 Å². The molecule has 4 N–H and O–H groups in total. The van der Waals surface area contributed by atoms with E-state index in [0.29, 0.717) is 36.7 Å². The summed E-state index contributed by atoms with van der Waals surface area (Å²) in [5, 5.41) is 29.7. The van der Waals surface area contributed by atoms with Crippen molar-refractivity contribution in [1.29, 1.82) is 0 Å². The fourth-order valence-electron chi connectivity index (χ4n) is 5.75. The highest BCUT2D eigenvalue weighted by atomic mass is 16.3. The zero-order chi connectivity index (χ0) is 26.5. The van der Waals surface area contributed by atoms with E-state index in [1.807, 2.05) is 60.7 Å². The van der Waals surface area contributed by atoms with Crippen molar-refractivity contribution in [1.82, 2.24) is 10.6 Å². The van der Waals surface area contributed by atoms with E-state index in [9.17, 15) is 10.2 Å². The molecule has 5 rings (SSSR count). The Kier molecular flexibility index (Phi) is 8.11. The zero-order valence-electron chi connectivity index (χ0n) is 22.4. The van der Waals surface area contributed by atoms with Gasteiger partial charge >= 0.3 is 0 Å². The minimum atomic E-state index is 0.296. The molecule has 4 heteroatoms. The maximum absolute atomic E-state index is 11.1. The van der Waals surface area contributed by atoms with E-state index in [2.05, 4.69) is 48.7 Å². The Morgan fingerprint density at radius 2 is 1.00 bits per heavy atom. The Morgan fingerprint density at radius 3 is 1.39 bits per heavy atom. The average Bonchev–Trinajstić information content (AvgIpc) is 2.95. The Hall–Kier alpha value is -3.60. The number of hydrogen-bond donors (Lipinski definition) is 4. The SMILES string of the molecule is Cc1cc(CN[C@@H]2CCCC[C@H]2NCc2cc(C)cc(-c3ccccc3)c2O)c(O)c(-c2ccccc2)c1. The average molecular weight is 507 g/mol. The summed E-state index contributed by atoms with van der Waals surface area (Å²) in [7, 11) is 0. The Morgan fingerprint density at radius 1 is 0.605 bits per heavy atom. The van der Waals surface area contributed by atoms with Crippen LogP contribution in [0, 0.1) is 13.8 Å². The molecule has 1 aliphatic rings. The predicted octanol–water partition coefficient (Wildman–Crippen LogP) is 7.24. The Balaban J connectivity index is 1.29. The molecular weight excluding hydrogens is 468 g/mol. The van der Waals surface area contributed by atoms with Gasteiger partial charge in [-0.25, -0.2) is 0 Å². The number of nitrogens with one attached hydrogen (secondary N) is 2. The first kappa shape index (κ1) is 26.0. The van der Waals surface area contributed by atoms with Crippen molar-refractivity contribution in [2.45, 2.75) is 64.7 Å². The fourth-order valence-corrected chi connectivity index (χ4v) is 5.75. The summed E-state index contributed by atoms with van der Waals surface area (Å²) in [6.07, 6.45) is 4.56. The minimum Gasteiger partial charge on any atom is -0.507 e. The first-order valence-corrected chi connectivity index (χ1v) is 13.7. The highest BCUT2D eigenvalue weighted by Gasteiger charge is 2.25. The molecule has 0 spiro atoms. The van der Waals surface area contributed by atoms with Crippen LogP contribution in [-0.4, -0.2) is 22.3 Å². The molecule has 0 aliphatic heterocycles. The van der Waals surface area contributed by atoms with Crippen molar-refractivity contribution in [2.75, 3.05) is 0 Å². The molecule has 0 unspecified atom stereocenters. The summed E-state index contributed by atoms with van der Waals surface area (Å²) in [6, 6.07) is 29.0. The largest absolute Gasteiger partial charge is 0.507 e. The summed E-state index contributed by atoms with van der Waals surface area (Å²) >= 11 is 0. The normalized spacial score (nSPS) is 17.4. The van der Waals surface area contributed by atoms with Crippen LogP contribution in [0.1, 0.15) is 47.9 Å². The van der Waals surface area contributed by atoms with E-state index in [0.717, 1.165) is 57.3 Å². The van der Waals surface area contributed by atoms with Crippen molar-refractivity contribution in [3.8, 4) is 33.8 Å². The van der Waals surface area contributed by atoms with Gasteiger partial charge in [0.05, 0.1) is 0 Å². The van der Waals surface area contributed by atoms with Crippen LogP contribution >= 0.6 is 0 Å². The van der Waals surface area contributed by atoms with E-state index >= 15 is 0 Å². The van der Waals surface area contributed by atoms with Gasteiger partial charge in [0.2, 0.25) is 0 Å². The minimum absolute atomic E-state index is 0.296. The van der Waals surface area contributed by atoms with Gasteiger partial charge in [-0.2, -0.15) is 0 Å². The number of phenolic OH excluding ortho intramolecular Hbond substituents is 2. The third kappa shape index (κ3) is 5.93. The molecule has 0 radical (unpaired) electrons. The molecule has 0 heterocycles. The molecule has 4 nitrogen and oxygen atoms in total. The quantitative estimate of drug-likeness (QED) is 0.203. The molecular formula is C34H38N2O2. The van der Waals surface area contributed by atoms with Gasteiger partial charge in [-0.1, -0.05) is 85.6 Å². The number of aromatic hydroxyl groups is 2. The molecule has 1 fully saturated rings. The van der Waals surface area contributed by atoms with E-state index in [1.165, 1.54) is 12.8 Å². The van der Waals surface area contributed by atoms with Crippen LogP contribution in [0.3, 0.4) is 0 Å². The first-order valence-electron chi connectivity index (χ1n) is 13.7. The lowest BCUT2D eigenvalue weighted by atomic mass is 9.89. The van der Waals surface area contributed by atoms with Crippen molar-refractivity contribution < 1.29 is 10.2 Å². The van der Waals surface area contributed by atoms with Crippen molar-refractivity contribution >= 4 is 0 Å². The fraction of sp³-hybridized carbons (Fsp3) is 0.294. The molecule has 0 saturated heterocycles. The van der Waals surface area contributed by atoms with Gasteiger partial charge in [-0.15, -0.1) is 0 Å². The van der Waals surface area contributed by atoms with Gasteiger partial charge in [0.25, 0.3) is 0 Å². The van der Waals surface area contributed by atoms with Gasteiger partial charge in [-0.3, -0.25) is 0 Å². The Bertz CT molecular complexity index is 1260. The maximum Gasteiger partial charge on any atom is 0.127 e. The molecule has 196 valence electrons. The number of hydrogen-bond acceptors (Lipinski definition) is 4. The highest BCUT2D eigenvalue weighted by Crippen LogP contribution is 2.35. The molecule has 4 aromatic rings. The second-order valence-corrected chi connectivity index (χ2v) is 10.6. The van der Waals surface area contributed by atoms with E-state index < -0.39 is 0 Å².